The van der Waals surface area contributed by atoms with E-state index in [0.717, 1.165) is 30.8 Å². The molecular formula is C15H22N2O. The lowest BCUT2D eigenvalue weighted by Gasteiger charge is -2.18. The lowest BCUT2D eigenvalue weighted by atomic mass is 9.92. The van der Waals surface area contributed by atoms with Crippen LogP contribution in [-0.4, -0.2) is 13.2 Å². The van der Waals surface area contributed by atoms with Crippen LogP contribution in [0.2, 0.25) is 0 Å². The summed E-state index contributed by atoms with van der Waals surface area (Å²) in [5, 5.41) is 11.9. The lowest BCUT2D eigenvalue weighted by molar-refractivity contribution is 0.355. The number of para-hydroxylation sites is 1. The second-order valence-electron chi connectivity index (χ2n) is 5.54. The van der Waals surface area contributed by atoms with Gasteiger partial charge in [0.05, 0.1) is 0 Å². The van der Waals surface area contributed by atoms with Crippen LogP contribution < -0.4 is 10.1 Å². The molecule has 1 aromatic carbocycles. The molecule has 0 heterocycles. The monoisotopic (exact) mass is 246 g/mol. The van der Waals surface area contributed by atoms with Crippen molar-refractivity contribution < 1.29 is 4.74 Å². The van der Waals surface area contributed by atoms with Crippen molar-refractivity contribution in [3.05, 3.63) is 29.8 Å². The molecule has 0 saturated carbocycles. The fraction of sp³-hybridized carbons (Fsp3) is 0.533. The molecular weight excluding hydrogens is 224 g/mol. The van der Waals surface area contributed by atoms with Crippen molar-refractivity contribution >= 4 is 0 Å². The maximum absolute atomic E-state index is 8.53. The highest BCUT2D eigenvalue weighted by Crippen LogP contribution is 2.19. The average molecular weight is 246 g/mol. The van der Waals surface area contributed by atoms with Gasteiger partial charge in [-0.1, -0.05) is 39.0 Å². The van der Waals surface area contributed by atoms with Gasteiger partial charge in [-0.15, -0.1) is 0 Å². The first kappa shape index (κ1) is 14.5. The number of nitriles is 1. The molecule has 0 amide bonds. The van der Waals surface area contributed by atoms with Gasteiger partial charge >= 0.3 is 0 Å². The largest absolute Gasteiger partial charge is 0.478 e. The quantitative estimate of drug-likeness (QED) is 0.784. The number of hydrogen-bond acceptors (Lipinski definition) is 3. The van der Waals surface area contributed by atoms with Gasteiger partial charge in [0.15, 0.2) is 6.61 Å². The van der Waals surface area contributed by atoms with E-state index < -0.39 is 0 Å². The second-order valence-corrected chi connectivity index (χ2v) is 5.54. The van der Waals surface area contributed by atoms with Crippen LogP contribution in [0.5, 0.6) is 5.75 Å². The number of nitrogens with zero attached hydrogens (tertiary/aromatic N) is 1. The van der Waals surface area contributed by atoms with Gasteiger partial charge in [-0.3, -0.25) is 0 Å². The molecule has 3 heteroatoms. The molecule has 0 radical (unpaired) electrons. The summed E-state index contributed by atoms with van der Waals surface area (Å²) in [4.78, 5) is 0. The Bertz CT molecular complexity index is 402. The number of benzene rings is 1. The van der Waals surface area contributed by atoms with Crippen LogP contribution >= 0.6 is 0 Å². The van der Waals surface area contributed by atoms with Crippen LogP contribution in [0, 0.1) is 16.7 Å². The smallest absolute Gasteiger partial charge is 0.174 e. The van der Waals surface area contributed by atoms with Crippen molar-refractivity contribution in [2.24, 2.45) is 5.41 Å². The first-order valence-corrected chi connectivity index (χ1v) is 6.31. The third-order valence-corrected chi connectivity index (χ3v) is 2.63. The van der Waals surface area contributed by atoms with Crippen molar-refractivity contribution in [2.45, 2.75) is 33.7 Å². The first-order chi connectivity index (χ1) is 8.53. The van der Waals surface area contributed by atoms with Crippen LogP contribution in [0.3, 0.4) is 0 Å². The van der Waals surface area contributed by atoms with E-state index in [9.17, 15) is 0 Å². The van der Waals surface area contributed by atoms with Crippen LogP contribution in [0.1, 0.15) is 32.8 Å². The molecule has 0 unspecified atom stereocenters. The summed E-state index contributed by atoms with van der Waals surface area (Å²) < 4.78 is 5.38. The van der Waals surface area contributed by atoms with E-state index in [-0.39, 0.29) is 6.61 Å². The van der Waals surface area contributed by atoms with Gasteiger partial charge in [0, 0.05) is 12.1 Å². The van der Waals surface area contributed by atoms with E-state index in [0.29, 0.717) is 5.41 Å². The summed E-state index contributed by atoms with van der Waals surface area (Å²) in [7, 11) is 0. The van der Waals surface area contributed by atoms with E-state index >= 15 is 0 Å². The van der Waals surface area contributed by atoms with E-state index in [2.05, 4.69) is 26.1 Å². The Kier molecular flexibility index (Phi) is 5.67. The van der Waals surface area contributed by atoms with Gasteiger partial charge in [-0.05, 0) is 24.4 Å². The van der Waals surface area contributed by atoms with Crippen molar-refractivity contribution in [3.63, 3.8) is 0 Å². The standard InChI is InChI=1S/C15H22N2O/c1-15(2,3)8-10-17-12-13-6-4-5-7-14(13)18-11-9-16/h4-7,17H,8,10-12H2,1-3H3. The normalized spacial score (nSPS) is 11.0. The molecule has 0 spiro atoms. The van der Waals surface area contributed by atoms with Crippen LogP contribution in [0.4, 0.5) is 0 Å². The Hall–Kier alpha value is -1.53. The number of nitrogens with one attached hydrogen (secondary N) is 1. The molecule has 0 aliphatic heterocycles. The minimum Gasteiger partial charge on any atom is -0.478 e. The Morgan fingerprint density at radius 2 is 2.00 bits per heavy atom. The zero-order chi connectivity index (χ0) is 13.4. The molecule has 1 rings (SSSR count). The summed E-state index contributed by atoms with van der Waals surface area (Å²) in [6.45, 7) is 8.56. The van der Waals surface area contributed by atoms with E-state index in [4.69, 9.17) is 10.00 Å². The maximum atomic E-state index is 8.53. The van der Waals surface area contributed by atoms with Gasteiger partial charge in [0.2, 0.25) is 0 Å². The van der Waals surface area contributed by atoms with Gasteiger partial charge in [0.1, 0.15) is 11.8 Å². The topological polar surface area (TPSA) is 45.0 Å². The van der Waals surface area contributed by atoms with Gasteiger partial charge in [-0.2, -0.15) is 5.26 Å². The van der Waals surface area contributed by atoms with E-state index in [1.807, 2.05) is 30.3 Å². The molecule has 98 valence electrons. The average Bonchev–Trinajstić information content (AvgIpc) is 2.32. The zero-order valence-electron chi connectivity index (χ0n) is 11.5. The molecule has 1 aromatic rings. The summed E-state index contributed by atoms with van der Waals surface area (Å²) in [6.07, 6.45) is 1.13. The minimum atomic E-state index is 0.0962. The number of ether oxygens (including phenoxy) is 1. The predicted octanol–water partition coefficient (Wildman–Crippen LogP) is 3.11. The molecule has 0 aliphatic rings. The fourth-order valence-corrected chi connectivity index (χ4v) is 1.59. The Labute approximate surface area is 110 Å². The van der Waals surface area contributed by atoms with Crippen molar-refractivity contribution in [3.8, 4) is 11.8 Å². The highest BCUT2D eigenvalue weighted by atomic mass is 16.5. The lowest BCUT2D eigenvalue weighted by Crippen LogP contribution is -2.20. The minimum absolute atomic E-state index is 0.0962. The number of hydrogen-bond donors (Lipinski definition) is 1. The molecule has 18 heavy (non-hydrogen) atoms. The molecule has 3 nitrogen and oxygen atoms in total. The Morgan fingerprint density at radius 1 is 1.28 bits per heavy atom. The SMILES string of the molecule is CC(C)(C)CCNCc1ccccc1OCC#N. The Morgan fingerprint density at radius 3 is 2.67 bits per heavy atom. The second kappa shape index (κ2) is 7.03. The Balaban J connectivity index is 2.44. The molecule has 0 fully saturated rings. The summed E-state index contributed by atoms with van der Waals surface area (Å²) in [5.41, 5.74) is 1.45. The predicted molar refractivity (Wildman–Crippen MR) is 73.3 cm³/mol. The third kappa shape index (κ3) is 5.70. The molecule has 0 bridgehead atoms. The van der Waals surface area contributed by atoms with Gasteiger partial charge in [0.25, 0.3) is 0 Å². The highest BCUT2D eigenvalue weighted by Gasteiger charge is 2.09. The van der Waals surface area contributed by atoms with Crippen molar-refractivity contribution in [1.29, 1.82) is 5.26 Å². The maximum Gasteiger partial charge on any atom is 0.174 e. The fourth-order valence-electron chi connectivity index (χ4n) is 1.59. The van der Waals surface area contributed by atoms with E-state index in [1.165, 1.54) is 0 Å². The number of rotatable bonds is 6. The highest BCUT2D eigenvalue weighted by molar-refractivity contribution is 5.33. The van der Waals surface area contributed by atoms with Gasteiger partial charge in [-0.25, -0.2) is 0 Å². The summed E-state index contributed by atoms with van der Waals surface area (Å²) >= 11 is 0. The van der Waals surface area contributed by atoms with Crippen LogP contribution in [0.25, 0.3) is 0 Å². The van der Waals surface area contributed by atoms with E-state index in [1.54, 1.807) is 0 Å². The molecule has 0 aromatic heterocycles. The van der Waals surface area contributed by atoms with Crippen LogP contribution in [-0.2, 0) is 6.54 Å². The molecule has 1 N–H and O–H groups in total. The molecule has 0 aliphatic carbocycles. The van der Waals surface area contributed by atoms with Crippen LogP contribution in [0.15, 0.2) is 24.3 Å². The molecule has 0 saturated heterocycles. The summed E-state index contributed by atoms with van der Waals surface area (Å²) in [6, 6.07) is 9.82. The zero-order valence-corrected chi connectivity index (χ0v) is 11.5. The van der Waals surface area contributed by atoms with Gasteiger partial charge < -0.3 is 10.1 Å². The third-order valence-electron chi connectivity index (χ3n) is 2.63. The van der Waals surface area contributed by atoms with Crippen molar-refractivity contribution in [1.82, 2.24) is 5.32 Å². The molecule has 0 atom stereocenters. The van der Waals surface area contributed by atoms with Crippen molar-refractivity contribution in [2.75, 3.05) is 13.2 Å². The summed E-state index contributed by atoms with van der Waals surface area (Å²) in [5.74, 6) is 0.794. The first-order valence-electron chi connectivity index (χ1n) is 6.31.